The van der Waals surface area contributed by atoms with Crippen LogP contribution in [0.4, 0.5) is 0 Å². The van der Waals surface area contributed by atoms with Crippen LogP contribution in [0.2, 0.25) is 0 Å². The van der Waals surface area contributed by atoms with Gasteiger partial charge in [0.2, 0.25) is 0 Å². The molecule has 3 fully saturated rings. The molecule has 3 saturated heterocycles. The van der Waals surface area contributed by atoms with Crippen LogP contribution in [-0.2, 0) is 0 Å². The highest BCUT2D eigenvalue weighted by Crippen LogP contribution is 2.46. The summed E-state index contributed by atoms with van der Waals surface area (Å²) in [6, 6.07) is 0.894. The van der Waals surface area contributed by atoms with E-state index in [4.69, 9.17) is 0 Å². The van der Waals surface area contributed by atoms with Gasteiger partial charge in [-0.05, 0) is 49.9 Å². The number of nitrogens with zero attached hydrogens (tertiary/aromatic N) is 2. The minimum absolute atomic E-state index is 0.789. The second-order valence-corrected chi connectivity index (χ2v) is 6.39. The van der Waals surface area contributed by atoms with Gasteiger partial charge in [0.15, 0.2) is 0 Å². The Labute approximate surface area is 91.0 Å². The van der Waals surface area contributed by atoms with E-state index in [2.05, 4.69) is 28.6 Å². The fourth-order valence-corrected chi connectivity index (χ4v) is 4.30. The van der Waals surface area contributed by atoms with Gasteiger partial charge in [0.25, 0.3) is 0 Å². The van der Waals surface area contributed by atoms with Crippen molar-refractivity contribution < 1.29 is 0 Å². The van der Waals surface area contributed by atoms with Crippen LogP contribution >= 0.6 is 11.8 Å². The maximum absolute atomic E-state index is 2.73. The van der Waals surface area contributed by atoms with Crippen LogP contribution in [0, 0.1) is 5.41 Å². The van der Waals surface area contributed by atoms with Gasteiger partial charge >= 0.3 is 0 Å². The Morgan fingerprint density at radius 2 is 1.79 bits per heavy atom. The van der Waals surface area contributed by atoms with E-state index in [-0.39, 0.29) is 0 Å². The molecule has 0 N–H and O–H groups in total. The van der Waals surface area contributed by atoms with E-state index in [9.17, 15) is 0 Å². The molecule has 0 aromatic carbocycles. The van der Waals surface area contributed by atoms with Crippen molar-refractivity contribution in [1.82, 2.24) is 9.80 Å². The van der Waals surface area contributed by atoms with E-state index in [0.29, 0.717) is 0 Å². The minimum atomic E-state index is 0.789. The fraction of sp³-hybridized carbons (Fsp3) is 1.00. The quantitative estimate of drug-likeness (QED) is 0.643. The molecule has 0 saturated carbocycles. The Kier molecular flexibility index (Phi) is 2.30. The van der Waals surface area contributed by atoms with Gasteiger partial charge in [0.1, 0.15) is 0 Å². The van der Waals surface area contributed by atoms with E-state index in [1.54, 1.807) is 0 Å². The van der Waals surface area contributed by atoms with Crippen LogP contribution in [0.3, 0.4) is 0 Å². The smallest absolute Gasteiger partial charge is 0.0350 e. The molecule has 80 valence electrons. The van der Waals surface area contributed by atoms with Gasteiger partial charge in [-0.2, -0.15) is 11.8 Å². The zero-order chi connectivity index (χ0) is 9.60. The van der Waals surface area contributed by atoms with Crippen LogP contribution in [0.15, 0.2) is 0 Å². The summed E-state index contributed by atoms with van der Waals surface area (Å²) in [6.07, 6.45) is 2.94. The van der Waals surface area contributed by atoms with E-state index in [1.165, 1.54) is 50.5 Å². The molecule has 0 aromatic rings. The Morgan fingerprint density at radius 1 is 1.14 bits per heavy atom. The van der Waals surface area contributed by atoms with E-state index >= 15 is 0 Å². The van der Waals surface area contributed by atoms with Crippen LogP contribution in [0.5, 0.6) is 0 Å². The molecule has 2 nitrogen and oxygen atoms in total. The van der Waals surface area contributed by atoms with Crippen molar-refractivity contribution in [2.75, 3.05) is 44.7 Å². The Hall–Kier alpha value is 0.270. The first-order valence-electron chi connectivity index (χ1n) is 5.78. The number of hydrogen-bond donors (Lipinski definition) is 0. The van der Waals surface area contributed by atoms with Gasteiger partial charge in [-0.25, -0.2) is 0 Å². The van der Waals surface area contributed by atoms with Gasteiger partial charge in [-0.15, -0.1) is 0 Å². The van der Waals surface area contributed by atoms with Crippen molar-refractivity contribution in [3.63, 3.8) is 0 Å². The van der Waals surface area contributed by atoms with Crippen LogP contribution in [-0.4, -0.2) is 60.6 Å². The summed E-state index contributed by atoms with van der Waals surface area (Å²) >= 11 is 2.15. The lowest BCUT2D eigenvalue weighted by molar-refractivity contribution is 0.0146. The summed E-state index contributed by atoms with van der Waals surface area (Å²) < 4.78 is 0. The number of likely N-dealkylation sites (N-methyl/N-ethyl adjacent to an activating group) is 1. The maximum Gasteiger partial charge on any atom is 0.0350 e. The molecule has 3 aliphatic heterocycles. The average Bonchev–Trinajstić information content (AvgIpc) is 2.11. The van der Waals surface area contributed by atoms with E-state index < -0.39 is 0 Å². The Morgan fingerprint density at radius 3 is 2.21 bits per heavy atom. The van der Waals surface area contributed by atoms with Crippen molar-refractivity contribution >= 4 is 11.8 Å². The molecule has 3 heteroatoms. The third-order valence-electron chi connectivity index (χ3n) is 4.24. The molecule has 0 aliphatic carbocycles. The number of rotatable bonds is 1. The molecule has 0 amide bonds. The zero-order valence-electron chi connectivity index (χ0n) is 9.04. The minimum Gasteiger partial charge on any atom is -0.303 e. The number of piperidine rings is 1. The van der Waals surface area contributed by atoms with Gasteiger partial charge < -0.3 is 4.90 Å². The molecule has 3 aliphatic rings. The molecule has 3 rings (SSSR count). The molecule has 1 spiro atoms. The lowest BCUT2D eigenvalue weighted by Gasteiger charge is -2.52. The molecule has 3 heterocycles. The maximum atomic E-state index is 2.73. The summed E-state index contributed by atoms with van der Waals surface area (Å²) in [5.41, 5.74) is 0.789. The highest BCUT2D eigenvalue weighted by atomic mass is 32.2. The van der Waals surface area contributed by atoms with Crippen molar-refractivity contribution in [3.05, 3.63) is 0 Å². The van der Waals surface area contributed by atoms with Crippen molar-refractivity contribution in [2.45, 2.75) is 18.9 Å². The predicted octanol–water partition coefficient (Wildman–Crippen LogP) is 1.13. The normalized spacial score (nSPS) is 34.1. The molecular weight excluding hydrogens is 192 g/mol. The van der Waals surface area contributed by atoms with Crippen molar-refractivity contribution in [2.24, 2.45) is 5.41 Å². The zero-order valence-corrected chi connectivity index (χ0v) is 9.85. The summed E-state index contributed by atoms with van der Waals surface area (Å²) in [7, 11) is 2.23. The molecule has 0 radical (unpaired) electrons. The second kappa shape index (κ2) is 3.39. The lowest BCUT2D eigenvalue weighted by Crippen LogP contribution is -2.61. The second-order valence-electron chi connectivity index (χ2n) is 5.40. The van der Waals surface area contributed by atoms with Gasteiger partial charge in [0.05, 0.1) is 0 Å². The molecule has 0 aromatic heterocycles. The number of thioether (sulfide) groups is 1. The standard InChI is InChI=1S/C11H20N2S/c1-12-6-10(7-12)13-4-2-11(3-5-13)8-14-9-11/h10H,2-9H2,1H3. The third-order valence-corrected chi connectivity index (χ3v) is 5.87. The summed E-state index contributed by atoms with van der Waals surface area (Å²) in [4.78, 5) is 5.16. The van der Waals surface area contributed by atoms with Gasteiger partial charge in [-0.1, -0.05) is 0 Å². The van der Waals surface area contributed by atoms with Crippen LogP contribution in [0.1, 0.15) is 12.8 Å². The monoisotopic (exact) mass is 212 g/mol. The Balaban J connectivity index is 1.51. The first-order chi connectivity index (χ1) is 6.77. The summed E-state index contributed by atoms with van der Waals surface area (Å²) in [6.45, 7) is 5.36. The summed E-state index contributed by atoms with van der Waals surface area (Å²) in [5.74, 6) is 2.90. The SMILES string of the molecule is CN1CC(N2CCC3(CC2)CSC3)C1. The van der Waals surface area contributed by atoms with E-state index in [1.807, 2.05) is 0 Å². The van der Waals surface area contributed by atoms with Crippen molar-refractivity contribution in [3.8, 4) is 0 Å². The summed E-state index contributed by atoms with van der Waals surface area (Å²) in [5, 5.41) is 0. The Bertz CT molecular complexity index is 211. The molecule has 0 bridgehead atoms. The third kappa shape index (κ3) is 1.50. The van der Waals surface area contributed by atoms with Gasteiger partial charge in [0, 0.05) is 19.1 Å². The average molecular weight is 212 g/mol. The highest BCUT2D eigenvalue weighted by Gasteiger charge is 2.42. The lowest BCUT2D eigenvalue weighted by atomic mass is 9.80. The van der Waals surface area contributed by atoms with Gasteiger partial charge in [-0.3, -0.25) is 4.90 Å². The first kappa shape index (κ1) is 9.49. The highest BCUT2D eigenvalue weighted by molar-refractivity contribution is 8.00. The van der Waals surface area contributed by atoms with Crippen molar-refractivity contribution in [1.29, 1.82) is 0 Å². The number of hydrogen-bond acceptors (Lipinski definition) is 3. The molecular formula is C11H20N2S. The predicted molar refractivity (Wildman–Crippen MR) is 61.9 cm³/mol. The molecule has 0 unspecified atom stereocenters. The number of likely N-dealkylation sites (tertiary alicyclic amines) is 2. The van der Waals surface area contributed by atoms with Crippen LogP contribution in [0.25, 0.3) is 0 Å². The fourth-order valence-electron chi connectivity index (χ4n) is 2.94. The first-order valence-corrected chi connectivity index (χ1v) is 6.93. The van der Waals surface area contributed by atoms with E-state index in [0.717, 1.165) is 11.5 Å². The topological polar surface area (TPSA) is 6.48 Å². The molecule has 0 atom stereocenters. The molecule has 14 heavy (non-hydrogen) atoms. The largest absolute Gasteiger partial charge is 0.303 e. The van der Waals surface area contributed by atoms with Crippen LogP contribution < -0.4 is 0 Å².